The van der Waals surface area contributed by atoms with E-state index in [1.54, 1.807) is 6.08 Å². The average Bonchev–Trinajstić information content (AvgIpc) is 2.90. The molecule has 1 aliphatic heterocycles. The monoisotopic (exact) mass is 532 g/mol. The van der Waals surface area contributed by atoms with Gasteiger partial charge in [-0.15, -0.1) is 0 Å². The molecule has 4 unspecified atom stereocenters. The van der Waals surface area contributed by atoms with Crippen molar-refractivity contribution in [3.05, 3.63) is 94.6 Å². The highest BCUT2D eigenvalue weighted by Crippen LogP contribution is 2.30. The SMILES string of the molecule is C=C/C(=C(/N=C)C(C)CC)S(=O)Nc1ccc(C(=C)N2CCN(C(C)c3cc(C)cc(C)c3)CC2C)cc1. The number of allylic oxidation sites excluding steroid dienone is 2. The summed E-state index contributed by atoms with van der Waals surface area (Å²) in [5.74, 6) is 0.156. The van der Waals surface area contributed by atoms with Crippen LogP contribution in [0.3, 0.4) is 0 Å². The predicted molar refractivity (Wildman–Crippen MR) is 166 cm³/mol. The molecular weight excluding hydrogens is 488 g/mol. The third-order valence-corrected chi connectivity index (χ3v) is 8.79. The Hall–Kier alpha value is -2.96. The first-order valence-electron chi connectivity index (χ1n) is 13.5. The van der Waals surface area contributed by atoms with Crippen molar-refractivity contribution in [1.82, 2.24) is 9.80 Å². The highest BCUT2D eigenvalue weighted by atomic mass is 32.2. The van der Waals surface area contributed by atoms with E-state index in [-0.39, 0.29) is 5.92 Å². The van der Waals surface area contributed by atoms with Gasteiger partial charge in [0.2, 0.25) is 0 Å². The molecule has 0 spiro atoms. The van der Waals surface area contributed by atoms with Gasteiger partial charge in [-0.25, -0.2) is 4.21 Å². The van der Waals surface area contributed by atoms with Crippen LogP contribution in [0.5, 0.6) is 0 Å². The van der Waals surface area contributed by atoms with E-state index in [1.807, 2.05) is 24.3 Å². The zero-order chi connectivity index (χ0) is 28.0. The Morgan fingerprint density at radius 1 is 1.16 bits per heavy atom. The number of nitrogens with one attached hydrogen (secondary N) is 1. The van der Waals surface area contributed by atoms with Crippen LogP contribution in [-0.2, 0) is 11.0 Å². The lowest BCUT2D eigenvalue weighted by molar-refractivity contribution is 0.0968. The molecule has 0 aliphatic carbocycles. The third-order valence-electron chi connectivity index (χ3n) is 7.60. The summed E-state index contributed by atoms with van der Waals surface area (Å²) >= 11 is 0. The zero-order valence-electron chi connectivity index (χ0n) is 24.0. The van der Waals surface area contributed by atoms with Gasteiger partial charge in [-0.3, -0.25) is 9.89 Å². The Morgan fingerprint density at radius 3 is 2.32 bits per heavy atom. The number of benzene rings is 2. The minimum absolute atomic E-state index is 0.156. The van der Waals surface area contributed by atoms with Gasteiger partial charge in [0, 0.05) is 43.1 Å². The molecule has 0 saturated carbocycles. The average molecular weight is 533 g/mol. The van der Waals surface area contributed by atoms with Gasteiger partial charge in [-0.1, -0.05) is 68.5 Å². The molecule has 2 aromatic rings. The van der Waals surface area contributed by atoms with Crippen LogP contribution in [0.4, 0.5) is 5.69 Å². The zero-order valence-corrected chi connectivity index (χ0v) is 24.8. The summed E-state index contributed by atoms with van der Waals surface area (Å²) in [5, 5.41) is 0. The van der Waals surface area contributed by atoms with Crippen LogP contribution in [0.2, 0.25) is 0 Å². The summed E-state index contributed by atoms with van der Waals surface area (Å²) in [5.41, 5.74) is 7.60. The quantitative estimate of drug-likeness (QED) is 0.245. The molecular formula is C32H44N4OS. The lowest BCUT2D eigenvalue weighted by Crippen LogP contribution is -2.51. The number of aryl methyl sites for hydroxylation is 2. The maximum Gasteiger partial charge on any atom is 0.152 e. The van der Waals surface area contributed by atoms with E-state index >= 15 is 0 Å². The summed E-state index contributed by atoms with van der Waals surface area (Å²) in [6.45, 7) is 27.9. The Balaban J connectivity index is 1.66. The second-order valence-electron chi connectivity index (χ2n) is 10.5. The molecule has 5 nitrogen and oxygen atoms in total. The number of anilines is 1. The van der Waals surface area contributed by atoms with Gasteiger partial charge < -0.3 is 9.62 Å². The molecule has 1 N–H and O–H groups in total. The van der Waals surface area contributed by atoms with Crippen molar-refractivity contribution in [2.45, 2.75) is 60.0 Å². The Bertz CT molecular complexity index is 1200. The van der Waals surface area contributed by atoms with Crippen LogP contribution >= 0.6 is 0 Å². The first-order chi connectivity index (χ1) is 18.1. The molecule has 1 saturated heterocycles. The standard InChI is InChI=1S/C32H44N4OS/c1-10-24(5)32(33-9)31(11-2)38(37)34-30-14-12-28(13-15-30)27(8)36-17-16-35(21-25(36)6)26(7)29-19-22(3)18-23(4)20-29/h11-15,18-20,24-26,34H,2,8-10,16-17,21H2,1,3-7H3/b32-31-. The van der Waals surface area contributed by atoms with E-state index in [9.17, 15) is 4.21 Å². The van der Waals surface area contributed by atoms with E-state index in [0.29, 0.717) is 17.0 Å². The van der Waals surface area contributed by atoms with Crippen molar-refractivity contribution in [1.29, 1.82) is 0 Å². The van der Waals surface area contributed by atoms with Gasteiger partial charge in [0.15, 0.2) is 11.0 Å². The first kappa shape index (κ1) is 29.6. The van der Waals surface area contributed by atoms with Crippen LogP contribution in [-0.4, -0.2) is 46.4 Å². The van der Waals surface area contributed by atoms with E-state index in [2.05, 4.69) is 99.1 Å². The number of hydrogen-bond acceptors (Lipinski definition) is 4. The summed E-state index contributed by atoms with van der Waals surface area (Å²) in [6, 6.07) is 15.6. The second-order valence-corrected chi connectivity index (χ2v) is 11.6. The fraction of sp³-hybridized carbons (Fsp3) is 0.406. The molecule has 3 rings (SSSR count). The molecule has 0 aromatic heterocycles. The van der Waals surface area contributed by atoms with Gasteiger partial charge in [-0.05, 0) is 76.1 Å². The Labute approximate surface area is 232 Å². The lowest BCUT2D eigenvalue weighted by Gasteiger charge is -2.44. The molecule has 1 aliphatic rings. The molecule has 204 valence electrons. The fourth-order valence-corrected chi connectivity index (χ4v) is 6.27. The van der Waals surface area contributed by atoms with E-state index in [1.165, 1.54) is 16.7 Å². The molecule has 1 fully saturated rings. The maximum absolute atomic E-state index is 13.1. The molecule has 0 amide bonds. The van der Waals surface area contributed by atoms with Crippen LogP contribution in [0, 0.1) is 19.8 Å². The van der Waals surface area contributed by atoms with Gasteiger partial charge in [-0.2, -0.15) is 0 Å². The topological polar surface area (TPSA) is 47.9 Å². The van der Waals surface area contributed by atoms with Crippen molar-refractivity contribution >= 4 is 29.1 Å². The van der Waals surface area contributed by atoms with Gasteiger partial charge in [0.1, 0.15) is 0 Å². The lowest BCUT2D eigenvalue weighted by atomic mass is 9.99. The molecule has 38 heavy (non-hydrogen) atoms. The molecule has 4 atom stereocenters. The van der Waals surface area contributed by atoms with Crippen LogP contribution in [0.25, 0.3) is 5.70 Å². The van der Waals surface area contributed by atoms with Crippen molar-refractivity contribution < 1.29 is 4.21 Å². The number of nitrogens with zero attached hydrogens (tertiary/aromatic N) is 3. The Kier molecular flexibility index (Phi) is 10.3. The highest BCUT2D eigenvalue weighted by Gasteiger charge is 2.28. The van der Waals surface area contributed by atoms with E-state index in [0.717, 1.165) is 48.7 Å². The fourth-order valence-electron chi connectivity index (χ4n) is 5.20. The largest absolute Gasteiger partial charge is 0.366 e. The molecule has 0 bridgehead atoms. The van der Waals surface area contributed by atoms with E-state index in [4.69, 9.17) is 0 Å². The van der Waals surface area contributed by atoms with Gasteiger partial charge in [0.05, 0.1) is 10.6 Å². The number of piperazine rings is 1. The first-order valence-corrected chi connectivity index (χ1v) is 14.6. The second kappa shape index (κ2) is 13.2. The minimum Gasteiger partial charge on any atom is -0.366 e. The molecule has 1 heterocycles. The minimum atomic E-state index is -1.48. The highest BCUT2D eigenvalue weighted by molar-refractivity contribution is 7.90. The number of aliphatic imine (C=N–C) groups is 1. The van der Waals surface area contributed by atoms with Crippen molar-refractivity contribution in [2.75, 3.05) is 24.4 Å². The van der Waals surface area contributed by atoms with E-state index < -0.39 is 11.0 Å². The smallest absolute Gasteiger partial charge is 0.152 e. The van der Waals surface area contributed by atoms with Crippen LogP contribution in [0.15, 0.2) is 77.3 Å². The number of rotatable bonds is 11. The molecule has 0 radical (unpaired) electrons. The van der Waals surface area contributed by atoms with Crippen molar-refractivity contribution in [3.63, 3.8) is 0 Å². The van der Waals surface area contributed by atoms with Gasteiger partial charge >= 0.3 is 0 Å². The summed E-state index contributed by atoms with van der Waals surface area (Å²) in [6.07, 6.45) is 2.49. The molecule has 2 aromatic carbocycles. The maximum atomic E-state index is 13.1. The number of hydrogen-bond donors (Lipinski definition) is 1. The summed E-state index contributed by atoms with van der Waals surface area (Å²) < 4.78 is 16.1. The van der Waals surface area contributed by atoms with Gasteiger partial charge in [0.25, 0.3) is 0 Å². The summed E-state index contributed by atoms with van der Waals surface area (Å²) in [4.78, 5) is 9.68. The normalized spacial score (nSPS) is 19.2. The predicted octanol–water partition coefficient (Wildman–Crippen LogP) is 7.26. The summed E-state index contributed by atoms with van der Waals surface area (Å²) in [7, 11) is -1.48. The third kappa shape index (κ3) is 6.91. The van der Waals surface area contributed by atoms with Crippen LogP contribution in [0.1, 0.15) is 62.4 Å². The van der Waals surface area contributed by atoms with Crippen molar-refractivity contribution in [3.8, 4) is 0 Å². The molecule has 6 heteroatoms. The Morgan fingerprint density at radius 2 is 1.79 bits per heavy atom. The van der Waals surface area contributed by atoms with Crippen LogP contribution < -0.4 is 4.72 Å². The van der Waals surface area contributed by atoms with Crippen molar-refractivity contribution in [2.24, 2.45) is 10.9 Å².